The summed E-state index contributed by atoms with van der Waals surface area (Å²) in [6.07, 6.45) is 4.02. The Hall–Kier alpha value is -1.62. The highest BCUT2D eigenvalue weighted by Gasteiger charge is 2.41. The van der Waals surface area contributed by atoms with Gasteiger partial charge in [0.25, 0.3) is 5.91 Å². The van der Waals surface area contributed by atoms with Crippen LogP contribution in [0.5, 0.6) is 0 Å². The van der Waals surface area contributed by atoms with Crippen molar-refractivity contribution < 1.29 is 4.79 Å². The second kappa shape index (κ2) is 4.20. The predicted molar refractivity (Wildman–Crippen MR) is 78.5 cm³/mol. The maximum absolute atomic E-state index is 12.3. The van der Waals surface area contributed by atoms with Gasteiger partial charge in [-0.15, -0.1) is 0 Å². The molecule has 19 heavy (non-hydrogen) atoms. The molecule has 1 amide bonds. The summed E-state index contributed by atoms with van der Waals surface area (Å²) in [6, 6.07) is 2.40. The number of nitrogens with zero attached hydrogens (tertiary/aromatic N) is 2. The quantitative estimate of drug-likeness (QED) is 0.661. The smallest absolute Gasteiger partial charge is 0.276 e. The van der Waals surface area contributed by atoms with Crippen molar-refractivity contribution in [3.63, 3.8) is 0 Å². The number of aromatic nitrogens is 1. The second-order valence-electron chi connectivity index (χ2n) is 5.28. The average Bonchev–Trinajstić information content (AvgIpc) is 3.11. The molecule has 0 aromatic carbocycles. The number of nitrogens with one attached hydrogen (secondary N) is 1. The number of carbonyl (C=O) groups is 1. The van der Waals surface area contributed by atoms with Gasteiger partial charge in [0.05, 0.1) is 0 Å². The van der Waals surface area contributed by atoms with Gasteiger partial charge in [-0.1, -0.05) is 0 Å². The van der Waals surface area contributed by atoms with Gasteiger partial charge >= 0.3 is 0 Å². The van der Waals surface area contributed by atoms with Crippen LogP contribution in [-0.4, -0.2) is 26.5 Å². The molecule has 2 aliphatic rings. The maximum atomic E-state index is 12.3. The molecular formula is C14H17N3OS. The summed E-state index contributed by atoms with van der Waals surface area (Å²) < 4.78 is 2.11. The molecule has 0 bridgehead atoms. The minimum absolute atomic E-state index is 0.00778. The first-order valence-electron chi connectivity index (χ1n) is 6.48. The third kappa shape index (κ3) is 1.98. The number of amides is 1. The fourth-order valence-corrected chi connectivity index (χ4v) is 2.74. The van der Waals surface area contributed by atoms with Gasteiger partial charge in [-0.25, -0.2) is 0 Å². The molecule has 1 saturated heterocycles. The molecule has 3 rings (SSSR count). The number of carbonyl (C=O) groups excluding carboxylic acids is 1. The Morgan fingerprint density at radius 1 is 1.42 bits per heavy atom. The molecule has 1 aromatic rings. The molecule has 0 atom stereocenters. The molecule has 1 saturated carbocycles. The van der Waals surface area contributed by atoms with Crippen LogP contribution in [0.2, 0.25) is 0 Å². The molecule has 2 heterocycles. The minimum Gasteiger partial charge on any atom is -0.352 e. The normalized spacial score (nSPS) is 21.4. The van der Waals surface area contributed by atoms with E-state index in [0.29, 0.717) is 16.9 Å². The van der Waals surface area contributed by atoms with Gasteiger partial charge in [-0.05, 0) is 56.6 Å². The lowest BCUT2D eigenvalue weighted by molar-refractivity contribution is -0.122. The lowest BCUT2D eigenvalue weighted by Crippen LogP contribution is -2.32. The largest absolute Gasteiger partial charge is 0.352 e. The number of rotatable bonds is 2. The predicted octanol–water partition coefficient (Wildman–Crippen LogP) is 1.86. The highest BCUT2D eigenvalue weighted by Crippen LogP contribution is 2.31. The van der Waals surface area contributed by atoms with Gasteiger partial charge in [0, 0.05) is 24.5 Å². The highest BCUT2D eigenvalue weighted by molar-refractivity contribution is 7.80. The van der Waals surface area contributed by atoms with Gasteiger partial charge in [0.15, 0.2) is 5.11 Å². The van der Waals surface area contributed by atoms with E-state index in [-0.39, 0.29) is 5.91 Å². The highest BCUT2D eigenvalue weighted by atomic mass is 32.1. The van der Waals surface area contributed by atoms with Crippen LogP contribution in [0.15, 0.2) is 11.8 Å². The Balaban J connectivity index is 1.94. The van der Waals surface area contributed by atoms with Crippen LogP contribution >= 0.6 is 12.2 Å². The van der Waals surface area contributed by atoms with Crippen LogP contribution in [0.3, 0.4) is 0 Å². The van der Waals surface area contributed by atoms with E-state index in [1.54, 1.807) is 4.90 Å². The molecule has 2 fully saturated rings. The molecule has 0 radical (unpaired) electrons. The summed E-state index contributed by atoms with van der Waals surface area (Å²) in [5, 5.41) is 3.58. The molecule has 0 spiro atoms. The van der Waals surface area contributed by atoms with Gasteiger partial charge in [0.1, 0.15) is 5.70 Å². The Labute approximate surface area is 118 Å². The van der Waals surface area contributed by atoms with Gasteiger partial charge in [0.2, 0.25) is 0 Å². The SMILES string of the molecule is Cc1cc(C=C2NC(=S)N(C3CC3)C2=O)c(C)n1C. The maximum Gasteiger partial charge on any atom is 0.276 e. The van der Waals surface area contributed by atoms with Crippen LogP contribution in [0.25, 0.3) is 6.08 Å². The molecule has 100 valence electrons. The first-order valence-corrected chi connectivity index (χ1v) is 6.89. The van der Waals surface area contributed by atoms with Crippen LogP contribution in [0.4, 0.5) is 0 Å². The van der Waals surface area contributed by atoms with Gasteiger partial charge in [-0.3, -0.25) is 9.69 Å². The van der Waals surface area contributed by atoms with Crippen molar-refractivity contribution in [1.82, 2.24) is 14.8 Å². The molecule has 4 nitrogen and oxygen atoms in total. The number of aryl methyl sites for hydroxylation is 1. The van der Waals surface area contributed by atoms with E-state index in [2.05, 4.69) is 29.8 Å². The van der Waals surface area contributed by atoms with E-state index in [0.717, 1.165) is 24.1 Å². The number of hydrogen-bond donors (Lipinski definition) is 1. The van der Waals surface area contributed by atoms with E-state index in [1.165, 1.54) is 5.69 Å². The van der Waals surface area contributed by atoms with Crippen molar-refractivity contribution >= 4 is 29.3 Å². The van der Waals surface area contributed by atoms with E-state index in [4.69, 9.17) is 12.2 Å². The van der Waals surface area contributed by atoms with Gasteiger partial charge < -0.3 is 9.88 Å². The van der Waals surface area contributed by atoms with Crippen LogP contribution in [0.1, 0.15) is 29.8 Å². The Bertz CT molecular complexity index is 610. The molecule has 1 aliphatic heterocycles. The van der Waals surface area contributed by atoms with Crippen molar-refractivity contribution in [3.8, 4) is 0 Å². The molecular weight excluding hydrogens is 258 g/mol. The second-order valence-corrected chi connectivity index (χ2v) is 5.67. The summed E-state index contributed by atoms with van der Waals surface area (Å²) in [5.41, 5.74) is 3.98. The zero-order valence-electron chi connectivity index (χ0n) is 11.4. The number of hydrogen-bond acceptors (Lipinski definition) is 2. The molecule has 1 N–H and O–H groups in total. The first kappa shape index (κ1) is 12.4. The topological polar surface area (TPSA) is 37.3 Å². The Morgan fingerprint density at radius 3 is 2.63 bits per heavy atom. The van der Waals surface area contributed by atoms with E-state index < -0.39 is 0 Å². The summed E-state index contributed by atoms with van der Waals surface area (Å²) in [7, 11) is 2.03. The average molecular weight is 275 g/mol. The van der Waals surface area contributed by atoms with Crippen molar-refractivity contribution in [2.75, 3.05) is 0 Å². The molecule has 0 unspecified atom stereocenters. The zero-order chi connectivity index (χ0) is 13.7. The van der Waals surface area contributed by atoms with Crippen LogP contribution < -0.4 is 5.32 Å². The lowest BCUT2D eigenvalue weighted by atomic mass is 10.2. The summed E-state index contributed by atoms with van der Waals surface area (Å²) in [6.45, 7) is 4.11. The Kier molecular flexibility index (Phi) is 2.74. The van der Waals surface area contributed by atoms with Crippen LogP contribution in [0, 0.1) is 13.8 Å². The van der Waals surface area contributed by atoms with Gasteiger partial charge in [-0.2, -0.15) is 0 Å². The lowest BCUT2D eigenvalue weighted by Gasteiger charge is -2.11. The van der Waals surface area contributed by atoms with E-state index >= 15 is 0 Å². The summed E-state index contributed by atoms with van der Waals surface area (Å²) in [5.74, 6) is 0.00778. The fourth-order valence-electron chi connectivity index (χ4n) is 2.40. The standard InChI is InChI=1S/C14H17N3OS/c1-8-6-10(9(2)16(8)3)7-12-13(18)17(11-4-5-11)14(19)15-12/h6-7,11H,4-5H2,1-3H3,(H,15,19). The number of thiocarbonyl (C=S) groups is 1. The third-order valence-corrected chi connectivity index (χ3v) is 4.23. The van der Waals surface area contributed by atoms with Crippen molar-refractivity contribution in [2.24, 2.45) is 7.05 Å². The van der Waals surface area contributed by atoms with Crippen molar-refractivity contribution in [3.05, 3.63) is 28.7 Å². The van der Waals surface area contributed by atoms with E-state index in [9.17, 15) is 4.79 Å². The monoisotopic (exact) mass is 275 g/mol. The molecule has 1 aromatic heterocycles. The molecule has 5 heteroatoms. The first-order chi connectivity index (χ1) is 8.99. The van der Waals surface area contributed by atoms with Crippen LogP contribution in [-0.2, 0) is 11.8 Å². The minimum atomic E-state index is 0.00778. The molecule has 1 aliphatic carbocycles. The van der Waals surface area contributed by atoms with Crippen molar-refractivity contribution in [2.45, 2.75) is 32.7 Å². The fraction of sp³-hybridized carbons (Fsp3) is 0.429. The third-order valence-electron chi connectivity index (χ3n) is 3.94. The summed E-state index contributed by atoms with van der Waals surface area (Å²) >= 11 is 5.24. The Morgan fingerprint density at radius 2 is 2.11 bits per heavy atom. The summed E-state index contributed by atoms with van der Waals surface area (Å²) in [4.78, 5) is 14.0. The van der Waals surface area contributed by atoms with Crippen molar-refractivity contribution in [1.29, 1.82) is 0 Å². The zero-order valence-corrected chi connectivity index (χ0v) is 12.2. The van der Waals surface area contributed by atoms with E-state index in [1.807, 2.05) is 13.1 Å².